The van der Waals surface area contributed by atoms with Gasteiger partial charge < -0.3 is 9.88 Å². The fourth-order valence-corrected chi connectivity index (χ4v) is 3.09. The van der Waals surface area contributed by atoms with E-state index in [9.17, 15) is 0 Å². The van der Waals surface area contributed by atoms with Gasteiger partial charge in [0.2, 0.25) is 0 Å². The number of rotatable bonds is 7. The zero-order valence-corrected chi connectivity index (χ0v) is 13.6. The number of imidazole rings is 1. The van der Waals surface area contributed by atoms with Crippen molar-refractivity contribution in [3.8, 4) is 0 Å². The molecule has 0 aliphatic heterocycles. The minimum Gasteiger partial charge on any atom is -0.338 e. The molecular weight excluding hydrogens is 258 g/mol. The van der Waals surface area contributed by atoms with Crippen molar-refractivity contribution in [2.24, 2.45) is 13.0 Å². The topological polar surface area (TPSA) is 29.9 Å². The van der Waals surface area contributed by atoms with Crippen LogP contribution in [-0.4, -0.2) is 22.6 Å². The molecule has 0 saturated heterocycles. The fourth-order valence-electron chi connectivity index (χ4n) is 3.09. The maximum Gasteiger partial charge on any atom is 0.109 e. The van der Waals surface area contributed by atoms with Crippen molar-refractivity contribution >= 4 is 0 Å². The molecule has 1 heterocycles. The lowest BCUT2D eigenvalue weighted by Crippen LogP contribution is -2.38. The van der Waals surface area contributed by atoms with Gasteiger partial charge in [-0.1, -0.05) is 50.6 Å². The molecule has 3 nitrogen and oxygen atoms in total. The molecule has 3 unspecified atom stereocenters. The van der Waals surface area contributed by atoms with Gasteiger partial charge in [-0.3, -0.25) is 0 Å². The Hall–Kier alpha value is -1.61. The van der Waals surface area contributed by atoms with Crippen molar-refractivity contribution in [1.82, 2.24) is 14.9 Å². The third-order valence-corrected chi connectivity index (χ3v) is 4.57. The normalized spacial score (nSPS) is 15.6. The van der Waals surface area contributed by atoms with Gasteiger partial charge in [0.1, 0.15) is 5.82 Å². The van der Waals surface area contributed by atoms with Gasteiger partial charge in [0.25, 0.3) is 0 Å². The molecule has 2 aromatic rings. The Morgan fingerprint density at radius 1 is 1.24 bits per heavy atom. The minimum absolute atomic E-state index is 0.392. The molecule has 21 heavy (non-hydrogen) atoms. The van der Waals surface area contributed by atoms with E-state index < -0.39 is 0 Å². The highest BCUT2D eigenvalue weighted by atomic mass is 15.0. The van der Waals surface area contributed by atoms with Crippen LogP contribution in [0.3, 0.4) is 0 Å². The average molecular weight is 285 g/mol. The molecule has 0 amide bonds. The van der Waals surface area contributed by atoms with Crippen molar-refractivity contribution in [3.05, 3.63) is 54.1 Å². The summed E-state index contributed by atoms with van der Waals surface area (Å²) in [6, 6.07) is 11.3. The largest absolute Gasteiger partial charge is 0.338 e. The third-order valence-electron chi connectivity index (χ3n) is 4.57. The highest BCUT2D eigenvalue weighted by Crippen LogP contribution is 2.31. The molecule has 0 saturated carbocycles. The van der Waals surface area contributed by atoms with Crippen LogP contribution in [0, 0.1) is 5.92 Å². The Kier molecular flexibility index (Phi) is 5.57. The van der Waals surface area contributed by atoms with Gasteiger partial charge in [0, 0.05) is 37.8 Å². The van der Waals surface area contributed by atoms with Crippen LogP contribution in [0.4, 0.5) is 0 Å². The number of aryl methyl sites for hydroxylation is 1. The van der Waals surface area contributed by atoms with Crippen molar-refractivity contribution in [2.75, 3.05) is 7.05 Å². The molecule has 3 atom stereocenters. The van der Waals surface area contributed by atoms with E-state index in [-0.39, 0.29) is 0 Å². The van der Waals surface area contributed by atoms with Crippen LogP contribution in [0.25, 0.3) is 0 Å². The van der Waals surface area contributed by atoms with E-state index in [0.717, 1.165) is 12.2 Å². The average Bonchev–Trinajstić information content (AvgIpc) is 2.92. The number of benzene rings is 1. The number of aromatic nitrogens is 2. The van der Waals surface area contributed by atoms with Gasteiger partial charge in [0.05, 0.1) is 0 Å². The monoisotopic (exact) mass is 285 g/mol. The van der Waals surface area contributed by atoms with E-state index in [0.29, 0.717) is 17.9 Å². The highest BCUT2D eigenvalue weighted by molar-refractivity contribution is 5.23. The summed E-state index contributed by atoms with van der Waals surface area (Å²) in [6.07, 6.45) is 6.02. The summed E-state index contributed by atoms with van der Waals surface area (Å²) in [5.74, 6) is 2.27. The first kappa shape index (κ1) is 15.8. The first-order chi connectivity index (χ1) is 10.2. The summed E-state index contributed by atoms with van der Waals surface area (Å²) in [5, 5.41) is 3.53. The Morgan fingerprint density at radius 3 is 2.48 bits per heavy atom. The Labute approximate surface area is 128 Å². The molecule has 114 valence electrons. The van der Waals surface area contributed by atoms with Crippen LogP contribution in [0.15, 0.2) is 42.7 Å². The molecule has 0 spiro atoms. The summed E-state index contributed by atoms with van der Waals surface area (Å²) in [6.45, 7) is 4.62. The molecule has 1 aromatic carbocycles. The maximum absolute atomic E-state index is 4.49. The molecule has 1 N–H and O–H groups in total. The molecule has 0 fully saturated rings. The van der Waals surface area contributed by atoms with Crippen LogP contribution in [-0.2, 0) is 13.5 Å². The first-order valence-corrected chi connectivity index (χ1v) is 7.85. The summed E-state index contributed by atoms with van der Waals surface area (Å²) < 4.78 is 2.11. The SMILES string of the molecule is CCC(C)C(c1ccccc1)C(Cc1nccn1C)NC. The lowest BCUT2D eigenvalue weighted by Gasteiger charge is -2.32. The number of hydrogen-bond donors (Lipinski definition) is 1. The van der Waals surface area contributed by atoms with Gasteiger partial charge in [0.15, 0.2) is 0 Å². The summed E-state index contributed by atoms with van der Waals surface area (Å²) in [4.78, 5) is 4.49. The second-order valence-electron chi connectivity index (χ2n) is 5.88. The molecule has 2 rings (SSSR count). The van der Waals surface area contributed by atoms with E-state index in [2.05, 4.69) is 73.1 Å². The van der Waals surface area contributed by atoms with Crippen molar-refractivity contribution in [2.45, 2.75) is 38.6 Å². The standard InChI is InChI=1S/C18H27N3/c1-5-14(2)18(15-9-7-6-8-10-15)16(19-3)13-17-20-11-12-21(17)4/h6-12,14,16,18-19H,5,13H2,1-4H3. The number of nitrogens with one attached hydrogen (secondary N) is 1. The van der Waals surface area contributed by atoms with E-state index in [1.54, 1.807) is 0 Å². The predicted octanol–water partition coefficient (Wildman–Crippen LogP) is 3.38. The van der Waals surface area contributed by atoms with Crippen LogP contribution in [0.1, 0.15) is 37.6 Å². The lowest BCUT2D eigenvalue weighted by atomic mass is 9.79. The predicted molar refractivity (Wildman–Crippen MR) is 88.4 cm³/mol. The molecule has 1 aromatic heterocycles. The van der Waals surface area contributed by atoms with Crippen molar-refractivity contribution < 1.29 is 0 Å². The van der Waals surface area contributed by atoms with Crippen LogP contribution in [0.5, 0.6) is 0 Å². The zero-order valence-electron chi connectivity index (χ0n) is 13.6. The van der Waals surface area contributed by atoms with E-state index in [1.807, 2.05) is 12.4 Å². The molecule has 0 aliphatic carbocycles. The quantitative estimate of drug-likeness (QED) is 0.845. The molecular formula is C18H27N3. The van der Waals surface area contributed by atoms with E-state index in [4.69, 9.17) is 0 Å². The van der Waals surface area contributed by atoms with Gasteiger partial charge in [-0.15, -0.1) is 0 Å². The van der Waals surface area contributed by atoms with Gasteiger partial charge in [-0.25, -0.2) is 4.98 Å². The number of nitrogens with zero attached hydrogens (tertiary/aromatic N) is 2. The van der Waals surface area contributed by atoms with Crippen LogP contribution >= 0.6 is 0 Å². The molecule has 0 bridgehead atoms. The summed E-state index contributed by atoms with van der Waals surface area (Å²) >= 11 is 0. The number of likely N-dealkylation sites (N-methyl/N-ethyl adjacent to an activating group) is 1. The van der Waals surface area contributed by atoms with Crippen LogP contribution in [0.2, 0.25) is 0 Å². The summed E-state index contributed by atoms with van der Waals surface area (Å²) in [7, 11) is 4.13. The molecule has 0 radical (unpaired) electrons. The van der Waals surface area contributed by atoms with Crippen molar-refractivity contribution in [3.63, 3.8) is 0 Å². The number of hydrogen-bond acceptors (Lipinski definition) is 2. The smallest absolute Gasteiger partial charge is 0.109 e. The molecule has 3 heteroatoms. The Bertz CT molecular complexity index is 532. The second-order valence-corrected chi connectivity index (χ2v) is 5.88. The highest BCUT2D eigenvalue weighted by Gasteiger charge is 2.27. The van der Waals surface area contributed by atoms with Crippen molar-refractivity contribution in [1.29, 1.82) is 0 Å². The van der Waals surface area contributed by atoms with Gasteiger partial charge in [-0.05, 0) is 18.5 Å². The second kappa shape index (κ2) is 7.41. The Balaban J connectivity index is 2.27. The minimum atomic E-state index is 0.392. The lowest BCUT2D eigenvalue weighted by molar-refractivity contribution is 0.341. The zero-order chi connectivity index (χ0) is 15.2. The molecule has 0 aliphatic rings. The van der Waals surface area contributed by atoms with Crippen LogP contribution < -0.4 is 5.32 Å². The maximum atomic E-state index is 4.49. The summed E-state index contributed by atoms with van der Waals surface area (Å²) in [5.41, 5.74) is 1.42. The third kappa shape index (κ3) is 3.73. The van der Waals surface area contributed by atoms with Gasteiger partial charge in [-0.2, -0.15) is 0 Å². The Morgan fingerprint density at radius 2 is 1.95 bits per heavy atom. The fraction of sp³-hybridized carbons (Fsp3) is 0.500. The van der Waals surface area contributed by atoms with Gasteiger partial charge >= 0.3 is 0 Å². The first-order valence-electron chi connectivity index (χ1n) is 7.85. The van der Waals surface area contributed by atoms with E-state index in [1.165, 1.54) is 12.0 Å². The van der Waals surface area contributed by atoms with E-state index >= 15 is 0 Å².